The molecule has 0 saturated heterocycles. The van der Waals surface area contributed by atoms with Gasteiger partial charge in [-0.25, -0.2) is 0 Å². The predicted molar refractivity (Wildman–Crippen MR) is 78.6 cm³/mol. The first-order valence-corrected chi connectivity index (χ1v) is 7.52. The van der Waals surface area contributed by atoms with E-state index in [-0.39, 0.29) is 0 Å². The normalized spacial score (nSPS) is 13.2. The van der Waals surface area contributed by atoms with E-state index in [2.05, 4.69) is 0 Å². The first kappa shape index (κ1) is 14.2. The van der Waals surface area contributed by atoms with Crippen molar-refractivity contribution in [3.63, 3.8) is 0 Å². The summed E-state index contributed by atoms with van der Waals surface area (Å²) in [5, 5.41) is 9.69. The zero-order valence-corrected chi connectivity index (χ0v) is 12.4. The van der Waals surface area contributed by atoms with Gasteiger partial charge in [0.2, 0.25) is 5.43 Å². The number of hydrogen-bond acceptors (Lipinski definition) is 6. The maximum absolute atomic E-state index is 11.3. The fourth-order valence-electron chi connectivity index (χ4n) is 1.82. The molecular formula is C14H11ClO5S. The summed E-state index contributed by atoms with van der Waals surface area (Å²) >= 11 is 7.60. The summed E-state index contributed by atoms with van der Waals surface area (Å²) in [7, 11) is 0. The Morgan fingerprint density at radius 2 is 1.90 bits per heavy atom. The molecule has 0 spiro atoms. The standard InChI is InChI=1S/C14H11ClO5S/c15-9-4-12-13(19-2-1-18-12)5-14(9)21-7-8-3-10(16)11(17)6-20-8/h3-6,17H,1-2,7H2. The van der Waals surface area contributed by atoms with Crippen LogP contribution in [0.1, 0.15) is 5.76 Å². The van der Waals surface area contributed by atoms with E-state index >= 15 is 0 Å². The highest BCUT2D eigenvalue weighted by atomic mass is 35.5. The largest absolute Gasteiger partial charge is 0.502 e. The van der Waals surface area contributed by atoms with Gasteiger partial charge in [-0.1, -0.05) is 11.6 Å². The lowest BCUT2D eigenvalue weighted by atomic mass is 10.3. The quantitative estimate of drug-likeness (QED) is 0.874. The van der Waals surface area contributed by atoms with Crippen molar-refractivity contribution in [2.24, 2.45) is 0 Å². The van der Waals surface area contributed by atoms with Crippen molar-refractivity contribution < 1.29 is 19.0 Å². The Hall–Kier alpha value is -1.79. The lowest BCUT2D eigenvalue weighted by Crippen LogP contribution is -2.15. The molecule has 1 aliphatic heterocycles. The van der Waals surface area contributed by atoms with E-state index in [9.17, 15) is 4.79 Å². The summed E-state index contributed by atoms with van der Waals surface area (Å²) in [4.78, 5) is 12.1. The van der Waals surface area contributed by atoms with Crippen molar-refractivity contribution in [1.82, 2.24) is 0 Å². The summed E-state index contributed by atoms with van der Waals surface area (Å²) in [6, 6.07) is 4.78. The molecule has 1 aromatic heterocycles. The first-order valence-electron chi connectivity index (χ1n) is 6.16. The Bertz CT molecular complexity index is 728. The molecule has 3 rings (SSSR count). The molecule has 0 saturated carbocycles. The number of aromatic hydroxyl groups is 1. The monoisotopic (exact) mass is 326 g/mol. The molecule has 2 aromatic rings. The van der Waals surface area contributed by atoms with Gasteiger partial charge in [-0.15, -0.1) is 11.8 Å². The molecule has 1 aromatic carbocycles. The zero-order chi connectivity index (χ0) is 14.8. The van der Waals surface area contributed by atoms with Crippen molar-refractivity contribution in [1.29, 1.82) is 0 Å². The number of benzene rings is 1. The van der Waals surface area contributed by atoms with Crippen LogP contribution in [0.15, 0.2) is 38.6 Å². The van der Waals surface area contributed by atoms with Crippen LogP contribution in [0, 0.1) is 0 Å². The van der Waals surface area contributed by atoms with Crippen LogP contribution in [0.2, 0.25) is 5.02 Å². The second-order valence-electron chi connectivity index (χ2n) is 4.31. The van der Waals surface area contributed by atoms with Gasteiger partial charge in [0.15, 0.2) is 17.2 Å². The van der Waals surface area contributed by atoms with Crippen molar-refractivity contribution in [2.45, 2.75) is 10.6 Å². The van der Waals surface area contributed by atoms with E-state index in [4.69, 9.17) is 30.6 Å². The van der Waals surface area contributed by atoms with Gasteiger partial charge in [0.1, 0.15) is 25.2 Å². The number of fused-ring (bicyclic) bond motifs is 1. The molecule has 0 fully saturated rings. The molecule has 0 bridgehead atoms. The third kappa shape index (κ3) is 3.11. The second-order valence-corrected chi connectivity index (χ2v) is 5.74. The van der Waals surface area contributed by atoms with Gasteiger partial charge >= 0.3 is 0 Å². The topological polar surface area (TPSA) is 68.9 Å². The first-order chi connectivity index (χ1) is 10.1. The highest BCUT2D eigenvalue weighted by Crippen LogP contribution is 2.40. The minimum Gasteiger partial charge on any atom is -0.502 e. The number of hydrogen-bond donors (Lipinski definition) is 1. The molecule has 1 aliphatic rings. The minimum atomic E-state index is -0.467. The molecule has 0 radical (unpaired) electrons. The van der Waals surface area contributed by atoms with E-state index in [1.54, 1.807) is 12.1 Å². The third-order valence-corrected chi connectivity index (χ3v) is 4.34. The molecule has 2 heterocycles. The molecule has 0 unspecified atom stereocenters. The fourth-order valence-corrected chi connectivity index (χ4v) is 2.98. The Balaban J connectivity index is 1.78. The average molecular weight is 327 g/mol. The molecular weight excluding hydrogens is 316 g/mol. The van der Waals surface area contributed by atoms with Gasteiger partial charge < -0.3 is 19.0 Å². The fraction of sp³-hybridized carbons (Fsp3) is 0.214. The summed E-state index contributed by atoms with van der Waals surface area (Å²) in [5.74, 6) is 1.75. The van der Waals surface area contributed by atoms with Gasteiger partial charge in [-0.3, -0.25) is 4.79 Å². The Morgan fingerprint density at radius 1 is 1.19 bits per heavy atom. The van der Waals surface area contributed by atoms with Crippen LogP contribution >= 0.6 is 23.4 Å². The van der Waals surface area contributed by atoms with Crippen LogP contribution in [-0.2, 0) is 5.75 Å². The maximum Gasteiger partial charge on any atom is 0.226 e. The van der Waals surface area contributed by atoms with Gasteiger partial charge in [0, 0.05) is 17.0 Å². The van der Waals surface area contributed by atoms with Crippen molar-refractivity contribution in [3.05, 3.63) is 45.5 Å². The molecule has 7 heteroatoms. The van der Waals surface area contributed by atoms with Gasteiger partial charge in [0.05, 0.1) is 10.8 Å². The van der Waals surface area contributed by atoms with E-state index in [0.717, 1.165) is 11.2 Å². The molecule has 1 N–H and O–H groups in total. The predicted octanol–water partition coefficient (Wildman–Crippen LogP) is 3.06. The van der Waals surface area contributed by atoms with Crippen molar-refractivity contribution in [3.8, 4) is 17.2 Å². The number of rotatable bonds is 3. The summed E-state index contributed by atoms with van der Waals surface area (Å²) in [5.41, 5.74) is -0.467. The van der Waals surface area contributed by atoms with Crippen molar-refractivity contribution in [2.75, 3.05) is 13.2 Å². The molecule has 5 nitrogen and oxygen atoms in total. The maximum atomic E-state index is 11.3. The highest BCUT2D eigenvalue weighted by Gasteiger charge is 2.15. The lowest BCUT2D eigenvalue weighted by molar-refractivity contribution is 0.171. The van der Waals surface area contributed by atoms with Crippen LogP contribution in [0.5, 0.6) is 17.2 Å². The van der Waals surface area contributed by atoms with Gasteiger partial charge in [-0.2, -0.15) is 0 Å². The number of ether oxygens (including phenoxy) is 2. The van der Waals surface area contributed by atoms with E-state index in [1.807, 2.05) is 0 Å². The smallest absolute Gasteiger partial charge is 0.226 e. The summed E-state index contributed by atoms with van der Waals surface area (Å²) < 4.78 is 16.1. The highest BCUT2D eigenvalue weighted by molar-refractivity contribution is 7.98. The number of thioether (sulfide) groups is 1. The Morgan fingerprint density at radius 3 is 2.62 bits per heavy atom. The van der Waals surface area contributed by atoms with Crippen LogP contribution < -0.4 is 14.9 Å². The van der Waals surface area contributed by atoms with Gasteiger partial charge in [-0.05, 0) is 6.07 Å². The van der Waals surface area contributed by atoms with E-state index < -0.39 is 11.2 Å². The van der Waals surface area contributed by atoms with Crippen LogP contribution in [0.3, 0.4) is 0 Å². The summed E-state index contributed by atoms with van der Waals surface area (Å²) in [6.07, 6.45) is 1.03. The van der Waals surface area contributed by atoms with Crippen LogP contribution in [-0.4, -0.2) is 18.3 Å². The lowest BCUT2D eigenvalue weighted by Gasteiger charge is -2.19. The molecule has 0 amide bonds. The van der Waals surface area contributed by atoms with E-state index in [0.29, 0.717) is 41.2 Å². The molecule has 21 heavy (non-hydrogen) atoms. The van der Waals surface area contributed by atoms with Crippen molar-refractivity contribution >= 4 is 23.4 Å². The van der Waals surface area contributed by atoms with Crippen LogP contribution in [0.4, 0.5) is 0 Å². The molecule has 0 atom stereocenters. The Labute approximate surface area is 129 Å². The molecule has 110 valence electrons. The van der Waals surface area contributed by atoms with E-state index in [1.165, 1.54) is 17.8 Å². The average Bonchev–Trinajstić information content (AvgIpc) is 2.48. The van der Waals surface area contributed by atoms with Gasteiger partial charge in [0.25, 0.3) is 0 Å². The zero-order valence-electron chi connectivity index (χ0n) is 10.8. The second kappa shape index (κ2) is 5.91. The minimum absolute atomic E-state index is 0.402. The SMILES string of the molecule is O=c1cc(CSc2cc3c(cc2Cl)OCCO3)occ1O. The van der Waals surface area contributed by atoms with Crippen LogP contribution in [0.25, 0.3) is 0 Å². The third-order valence-electron chi connectivity index (χ3n) is 2.83. The number of halogens is 1. The Kier molecular flexibility index (Phi) is 3.98. The summed E-state index contributed by atoms with van der Waals surface area (Å²) in [6.45, 7) is 1.01. The molecule has 0 aliphatic carbocycles.